The number of carbonyl (C=O) groups excluding carboxylic acids is 1. The van der Waals surface area contributed by atoms with Crippen molar-refractivity contribution in [3.05, 3.63) is 95.8 Å². The van der Waals surface area contributed by atoms with E-state index < -0.39 is 0 Å². The minimum Gasteiger partial charge on any atom is -0.376 e. The summed E-state index contributed by atoms with van der Waals surface area (Å²) in [4.78, 5) is 24.5. The maximum atomic E-state index is 13.3. The lowest BCUT2D eigenvalue weighted by Gasteiger charge is -2.31. The van der Waals surface area contributed by atoms with E-state index in [1.54, 1.807) is 12.4 Å². The van der Waals surface area contributed by atoms with Crippen molar-refractivity contribution in [2.75, 3.05) is 19.7 Å². The molecule has 3 heterocycles. The van der Waals surface area contributed by atoms with Gasteiger partial charge in [0.2, 0.25) is 0 Å². The highest BCUT2D eigenvalue weighted by molar-refractivity contribution is 6.07. The first-order valence-corrected chi connectivity index (χ1v) is 11.7. The number of carbonyl (C=O) groups is 1. The van der Waals surface area contributed by atoms with E-state index in [9.17, 15) is 4.79 Å². The first-order chi connectivity index (χ1) is 16.7. The zero-order chi connectivity index (χ0) is 23.3. The van der Waals surface area contributed by atoms with Gasteiger partial charge in [0.15, 0.2) is 0 Å². The van der Waals surface area contributed by atoms with E-state index >= 15 is 0 Å². The zero-order valence-corrected chi connectivity index (χ0v) is 19.3. The summed E-state index contributed by atoms with van der Waals surface area (Å²) in [6.07, 6.45) is 3.73. The van der Waals surface area contributed by atoms with Crippen LogP contribution in [0.3, 0.4) is 0 Å². The molecule has 1 unspecified atom stereocenters. The maximum absolute atomic E-state index is 13.3. The average molecular weight is 453 g/mol. The lowest BCUT2D eigenvalue weighted by Crippen LogP contribution is -2.40. The number of fused-ring (bicyclic) bond motifs is 1. The molecule has 1 amide bonds. The van der Waals surface area contributed by atoms with E-state index in [0.29, 0.717) is 12.1 Å². The number of rotatable bonds is 6. The van der Waals surface area contributed by atoms with E-state index in [2.05, 4.69) is 46.4 Å². The van der Waals surface area contributed by atoms with E-state index in [1.807, 2.05) is 42.5 Å². The molecule has 4 aromatic rings. The lowest BCUT2D eigenvalue weighted by molar-refractivity contribution is -0.0212. The van der Waals surface area contributed by atoms with Crippen molar-refractivity contribution in [1.29, 1.82) is 0 Å². The number of morpholine rings is 1. The number of nitrogens with one attached hydrogen (secondary N) is 1. The molecule has 0 spiro atoms. The predicted molar refractivity (Wildman–Crippen MR) is 133 cm³/mol. The van der Waals surface area contributed by atoms with Crippen LogP contribution in [-0.4, -0.2) is 46.6 Å². The summed E-state index contributed by atoms with van der Waals surface area (Å²) < 4.78 is 5.65. The molecular formula is C28H28N4O2. The molecular weight excluding hydrogens is 424 g/mol. The Labute approximate surface area is 199 Å². The van der Waals surface area contributed by atoms with Crippen LogP contribution in [0.1, 0.15) is 28.4 Å². The number of pyridine rings is 2. The minimum absolute atomic E-state index is 0.110. The van der Waals surface area contributed by atoms with Gasteiger partial charge < -0.3 is 10.1 Å². The third kappa shape index (κ3) is 5.14. The first kappa shape index (κ1) is 22.2. The number of para-hydroxylation sites is 1. The van der Waals surface area contributed by atoms with Crippen LogP contribution in [0.5, 0.6) is 0 Å². The summed E-state index contributed by atoms with van der Waals surface area (Å²) in [5, 5.41) is 3.95. The molecule has 0 bridgehead atoms. The Morgan fingerprint density at radius 1 is 1.06 bits per heavy atom. The summed E-state index contributed by atoms with van der Waals surface area (Å²) in [5.41, 5.74) is 5.43. The zero-order valence-electron chi connectivity index (χ0n) is 19.3. The topological polar surface area (TPSA) is 67.4 Å². The highest BCUT2D eigenvalue weighted by atomic mass is 16.5. The molecule has 1 N–H and O–H groups in total. The fourth-order valence-electron chi connectivity index (χ4n) is 4.44. The fourth-order valence-corrected chi connectivity index (χ4v) is 4.44. The van der Waals surface area contributed by atoms with Crippen LogP contribution in [0, 0.1) is 0 Å². The van der Waals surface area contributed by atoms with Crippen molar-refractivity contribution >= 4 is 16.8 Å². The third-order valence-electron chi connectivity index (χ3n) is 6.11. The Balaban J connectivity index is 1.33. The van der Waals surface area contributed by atoms with E-state index in [-0.39, 0.29) is 12.0 Å². The second kappa shape index (κ2) is 10.1. The van der Waals surface area contributed by atoms with Gasteiger partial charge in [-0.25, -0.2) is 4.98 Å². The van der Waals surface area contributed by atoms with Crippen LogP contribution in [0.4, 0.5) is 0 Å². The van der Waals surface area contributed by atoms with Crippen LogP contribution < -0.4 is 5.32 Å². The third-order valence-corrected chi connectivity index (χ3v) is 6.11. The average Bonchev–Trinajstić information content (AvgIpc) is 2.87. The predicted octanol–water partition coefficient (Wildman–Crippen LogP) is 4.45. The molecule has 1 saturated heterocycles. The summed E-state index contributed by atoms with van der Waals surface area (Å²) in [5.74, 6) is -0.110. The van der Waals surface area contributed by atoms with Gasteiger partial charge in [-0.2, -0.15) is 0 Å². The number of benzene rings is 2. The van der Waals surface area contributed by atoms with Crippen LogP contribution in [0.15, 0.2) is 79.1 Å². The van der Waals surface area contributed by atoms with E-state index in [0.717, 1.165) is 54.0 Å². The fraction of sp³-hybridized carbons (Fsp3) is 0.250. The molecule has 34 heavy (non-hydrogen) atoms. The molecule has 172 valence electrons. The molecule has 1 fully saturated rings. The van der Waals surface area contributed by atoms with Gasteiger partial charge in [0.05, 0.1) is 29.5 Å². The number of aromatic nitrogens is 2. The number of ether oxygens (including phenoxy) is 1. The molecule has 0 saturated carbocycles. The standard InChI is InChI=1S/C28H28N4O2/c1-20-18-32(13-14-34-20)19-22-6-4-5-21(15-22)17-30-28(33)25-16-27(23-9-11-29-12-10-23)31-26-8-3-2-7-24(25)26/h2-12,15-16,20H,13-14,17-19H2,1H3,(H,30,33). The molecule has 2 aromatic carbocycles. The Kier molecular flexibility index (Phi) is 6.60. The highest BCUT2D eigenvalue weighted by Crippen LogP contribution is 2.24. The molecule has 6 nitrogen and oxygen atoms in total. The summed E-state index contributed by atoms with van der Waals surface area (Å²) >= 11 is 0. The van der Waals surface area contributed by atoms with Crippen LogP contribution in [-0.2, 0) is 17.8 Å². The van der Waals surface area contributed by atoms with Gasteiger partial charge in [-0.1, -0.05) is 42.5 Å². The van der Waals surface area contributed by atoms with Gasteiger partial charge in [0.25, 0.3) is 5.91 Å². The number of hydrogen-bond acceptors (Lipinski definition) is 5. The summed E-state index contributed by atoms with van der Waals surface area (Å²) in [6.45, 7) is 6.13. The monoisotopic (exact) mass is 452 g/mol. The van der Waals surface area contributed by atoms with Crippen molar-refractivity contribution in [1.82, 2.24) is 20.2 Å². The van der Waals surface area contributed by atoms with Crippen molar-refractivity contribution in [3.8, 4) is 11.3 Å². The second-order valence-electron chi connectivity index (χ2n) is 8.73. The number of hydrogen-bond donors (Lipinski definition) is 1. The molecule has 0 radical (unpaired) electrons. The minimum atomic E-state index is -0.110. The number of nitrogens with zero attached hydrogens (tertiary/aromatic N) is 3. The molecule has 1 aliphatic rings. The van der Waals surface area contributed by atoms with Gasteiger partial charge in [-0.15, -0.1) is 0 Å². The van der Waals surface area contributed by atoms with E-state index in [4.69, 9.17) is 9.72 Å². The second-order valence-corrected chi connectivity index (χ2v) is 8.73. The normalized spacial score (nSPS) is 16.4. The van der Waals surface area contributed by atoms with Crippen molar-refractivity contribution < 1.29 is 9.53 Å². The Morgan fingerprint density at radius 2 is 1.88 bits per heavy atom. The molecule has 1 atom stereocenters. The smallest absolute Gasteiger partial charge is 0.252 e. The Hall–Kier alpha value is -3.61. The van der Waals surface area contributed by atoms with Crippen LogP contribution in [0.2, 0.25) is 0 Å². The van der Waals surface area contributed by atoms with Crippen molar-refractivity contribution in [2.24, 2.45) is 0 Å². The highest BCUT2D eigenvalue weighted by Gasteiger charge is 2.17. The molecule has 5 rings (SSSR count). The van der Waals surface area contributed by atoms with Gasteiger partial charge >= 0.3 is 0 Å². The SMILES string of the molecule is CC1CN(Cc2cccc(CNC(=O)c3cc(-c4ccncc4)nc4ccccc34)c2)CCO1. The maximum Gasteiger partial charge on any atom is 0.252 e. The number of amides is 1. The molecule has 2 aromatic heterocycles. The molecule has 1 aliphatic heterocycles. The van der Waals surface area contributed by atoms with Gasteiger partial charge in [-0.05, 0) is 42.3 Å². The van der Waals surface area contributed by atoms with Crippen molar-refractivity contribution in [3.63, 3.8) is 0 Å². The molecule has 0 aliphatic carbocycles. The largest absolute Gasteiger partial charge is 0.376 e. The molecule has 6 heteroatoms. The van der Waals surface area contributed by atoms with Gasteiger partial charge in [0.1, 0.15) is 0 Å². The summed E-state index contributed by atoms with van der Waals surface area (Å²) in [7, 11) is 0. The Bertz CT molecular complexity index is 1290. The van der Waals surface area contributed by atoms with Crippen molar-refractivity contribution in [2.45, 2.75) is 26.1 Å². The lowest BCUT2D eigenvalue weighted by atomic mass is 10.0. The van der Waals surface area contributed by atoms with Gasteiger partial charge in [-0.3, -0.25) is 14.7 Å². The van der Waals surface area contributed by atoms with Gasteiger partial charge in [0, 0.05) is 49.5 Å². The van der Waals surface area contributed by atoms with Crippen LogP contribution in [0.25, 0.3) is 22.2 Å². The first-order valence-electron chi connectivity index (χ1n) is 11.7. The summed E-state index contributed by atoms with van der Waals surface area (Å²) in [6, 6.07) is 21.8. The quantitative estimate of drug-likeness (QED) is 0.468. The van der Waals surface area contributed by atoms with Crippen LogP contribution >= 0.6 is 0 Å². The van der Waals surface area contributed by atoms with E-state index in [1.165, 1.54) is 5.56 Å². The Morgan fingerprint density at radius 3 is 2.74 bits per heavy atom.